The Labute approximate surface area is 102 Å². The van der Waals surface area contributed by atoms with E-state index in [0.717, 1.165) is 5.33 Å². The molecule has 1 aromatic rings. The summed E-state index contributed by atoms with van der Waals surface area (Å²) in [5, 5.41) is 1.09. The summed E-state index contributed by atoms with van der Waals surface area (Å²) in [7, 11) is 0. The second kappa shape index (κ2) is 5.69. The van der Waals surface area contributed by atoms with E-state index < -0.39 is 0 Å². The second-order valence-corrected chi connectivity index (χ2v) is 5.48. The molecule has 0 aliphatic rings. The first-order valence-electron chi connectivity index (χ1n) is 5.69. The van der Waals surface area contributed by atoms with E-state index in [1.807, 2.05) is 0 Å². The number of rotatable bonds is 4. The molecule has 1 aromatic carbocycles. The van der Waals surface area contributed by atoms with Gasteiger partial charge in [-0.25, -0.2) is 0 Å². The van der Waals surface area contributed by atoms with Gasteiger partial charge in [0.2, 0.25) is 0 Å². The van der Waals surface area contributed by atoms with Crippen LogP contribution in [0.1, 0.15) is 42.9 Å². The van der Waals surface area contributed by atoms with Crippen LogP contribution in [0.5, 0.6) is 0 Å². The fourth-order valence-electron chi connectivity index (χ4n) is 2.21. The van der Waals surface area contributed by atoms with Crippen LogP contribution in [0.25, 0.3) is 0 Å². The van der Waals surface area contributed by atoms with Gasteiger partial charge in [0.25, 0.3) is 0 Å². The van der Waals surface area contributed by atoms with Crippen LogP contribution in [0.3, 0.4) is 0 Å². The van der Waals surface area contributed by atoms with Gasteiger partial charge in [-0.05, 0) is 43.2 Å². The maximum absolute atomic E-state index is 3.55. The topological polar surface area (TPSA) is 0 Å². The minimum Gasteiger partial charge on any atom is -0.0928 e. The highest BCUT2D eigenvalue weighted by molar-refractivity contribution is 9.09. The summed E-state index contributed by atoms with van der Waals surface area (Å²) in [5.41, 5.74) is 4.32. The van der Waals surface area contributed by atoms with E-state index in [-0.39, 0.29) is 0 Å². The normalized spacial score (nSPS) is 13.2. The zero-order valence-corrected chi connectivity index (χ0v) is 11.8. The molecule has 0 aliphatic carbocycles. The molecule has 84 valence electrons. The quantitative estimate of drug-likeness (QED) is 0.687. The molecule has 0 radical (unpaired) electrons. The molecular weight excluding hydrogens is 248 g/mol. The fourth-order valence-corrected chi connectivity index (χ4v) is 2.70. The van der Waals surface area contributed by atoms with E-state index in [9.17, 15) is 0 Å². The van der Waals surface area contributed by atoms with Crippen molar-refractivity contribution >= 4 is 15.9 Å². The molecule has 0 aliphatic heterocycles. The predicted octanol–water partition coefficient (Wildman–Crippen LogP) is 4.83. The molecular formula is C14H21Br. The Morgan fingerprint density at radius 2 is 1.87 bits per heavy atom. The van der Waals surface area contributed by atoms with Crippen LogP contribution in [0.15, 0.2) is 18.2 Å². The molecule has 1 atom stereocenters. The van der Waals surface area contributed by atoms with E-state index in [1.54, 1.807) is 0 Å². The lowest BCUT2D eigenvalue weighted by Crippen LogP contribution is -2.09. The van der Waals surface area contributed by atoms with Gasteiger partial charge in [0.1, 0.15) is 0 Å². The fraction of sp³-hybridized carbons (Fsp3) is 0.571. The van der Waals surface area contributed by atoms with E-state index in [4.69, 9.17) is 0 Å². The monoisotopic (exact) mass is 268 g/mol. The van der Waals surface area contributed by atoms with Crippen LogP contribution in [0.4, 0.5) is 0 Å². The average molecular weight is 269 g/mol. The molecule has 1 unspecified atom stereocenters. The molecule has 0 bridgehead atoms. The Morgan fingerprint density at radius 1 is 1.20 bits per heavy atom. The molecule has 1 rings (SSSR count). The SMILES string of the molecule is Cc1ccc(C(CCBr)C(C)C)c(C)c1. The summed E-state index contributed by atoms with van der Waals surface area (Å²) in [6, 6.07) is 6.82. The van der Waals surface area contributed by atoms with Crippen LogP contribution in [0, 0.1) is 19.8 Å². The molecule has 0 fully saturated rings. The average Bonchev–Trinajstić information content (AvgIpc) is 2.15. The molecule has 0 amide bonds. The Kier molecular flexibility index (Phi) is 4.85. The Morgan fingerprint density at radius 3 is 2.33 bits per heavy atom. The maximum Gasteiger partial charge on any atom is 0.00372 e. The molecule has 0 heterocycles. The summed E-state index contributed by atoms with van der Waals surface area (Å²) in [4.78, 5) is 0. The molecule has 0 aromatic heterocycles. The third kappa shape index (κ3) is 3.34. The second-order valence-electron chi connectivity index (χ2n) is 4.69. The van der Waals surface area contributed by atoms with Crippen LogP contribution < -0.4 is 0 Å². The van der Waals surface area contributed by atoms with E-state index >= 15 is 0 Å². The standard InChI is InChI=1S/C14H21Br/c1-10(2)13(7-8-15)14-6-5-11(3)9-12(14)4/h5-6,9-10,13H,7-8H2,1-4H3. The maximum atomic E-state index is 3.55. The molecule has 0 saturated carbocycles. The van der Waals surface area contributed by atoms with Crippen molar-refractivity contribution < 1.29 is 0 Å². The van der Waals surface area contributed by atoms with Crippen LogP contribution in [-0.4, -0.2) is 5.33 Å². The van der Waals surface area contributed by atoms with Gasteiger partial charge in [-0.1, -0.05) is 53.5 Å². The van der Waals surface area contributed by atoms with Crippen molar-refractivity contribution in [1.29, 1.82) is 0 Å². The van der Waals surface area contributed by atoms with Crippen molar-refractivity contribution in [2.75, 3.05) is 5.33 Å². The summed E-state index contributed by atoms with van der Waals surface area (Å²) in [5.74, 6) is 1.40. The smallest absolute Gasteiger partial charge is 0.00372 e. The molecule has 0 nitrogen and oxygen atoms in total. The number of alkyl halides is 1. The van der Waals surface area contributed by atoms with Crippen molar-refractivity contribution in [1.82, 2.24) is 0 Å². The molecule has 0 spiro atoms. The number of hydrogen-bond acceptors (Lipinski definition) is 0. The Hall–Kier alpha value is -0.300. The predicted molar refractivity (Wildman–Crippen MR) is 71.9 cm³/mol. The van der Waals surface area contributed by atoms with E-state index in [0.29, 0.717) is 11.8 Å². The zero-order chi connectivity index (χ0) is 11.4. The van der Waals surface area contributed by atoms with Crippen LogP contribution in [0.2, 0.25) is 0 Å². The Bertz CT molecular complexity index is 315. The highest BCUT2D eigenvalue weighted by Crippen LogP contribution is 2.31. The van der Waals surface area contributed by atoms with Crippen molar-refractivity contribution in [3.05, 3.63) is 34.9 Å². The van der Waals surface area contributed by atoms with Gasteiger partial charge in [-0.2, -0.15) is 0 Å². The van der Waals surface area contributed by atoms with Crippen molar-refractivity contribution in [3.8, 4) is 0 Å². The van der Waals surface area contributed by atoms with Gasteiger partial charge in [0.05, 0.1) is 0 Å². The zero-order valence-electron chi connectivity index (χ0n) is 10.2. The number of benzene rings is 1. The van der Waals surface area contributed by atoms with Gasteiger partial charge in [-0.3, -0.25) is 0 Å². The van der Waals surface area contributed by atoms with E-state index in [1.165, 1.54) is 23.1 Å². The summed E-state index contributed by atoms with van der Waals surface area (Å²) in [6.07, 6.45) is 1.22. The molecule has 1 heteroatoms. The molecule has 0 N–H and O–H groups in total. The first-order chi connectivity index (χ1) is 7.06. The Balaban J connectivity index is 3.00. The minimum atomic E-state index is 0.685. The van der Waals surface area contributed by atoms with Gasteiger partial charge in [-0.15, -0.1) is 0 Å². The van der Waals surface area contributed by atoms with Gasteiger partial charge < -0.3 is 0 Å². The van der Waals surface area contributed by atoms with Crippen molar-refractivity contribution in [2.24, 2.45) is 5.92 Å². The highest BCUT2D eigenvalue weighted by Gasteiger charge is 2.16. The molecule has 0 saturated heterocycles. The number of halogens is 1. The number of aryl methyl sites for hydroxylation is 2. The van der Waals surface area contributed by atoms with Crippen LogP contribution >= 0.6 is 15.9 Å². The highest BCUT2D eigenvalue weighted by atomic mass is 79.9. The third-order valence-electron chi connectivity index (χ3n) is 3.05. The number of hydrogen-bond donors (Lipinski definition) is 0. The molecule has 15 heavy (non-hydrogen) atoms. The lowest BCUT2D eigenvalue weighted by molar-refractivity contribution is 0.487. The van der Waals surface area contributed by atoms with Gasteiger partial charge in [0.15, 0.2) is 0 Å². The summed E-state index contributed by atoms with van der Waals surface area (Å²) >= 11 is 3.55. The third-order valence-corrected chi connectivity index (χ3v) is 3.51. The largest absolute Gasteiger partial charge is 0.0928 e. The summed E-state index contributed by atoms with van der Waals surface area (Å²) in [6.45, 7) is 9.01. The van der Waals surface area contributed by atoms with Crippen molar-refractivity contribution in [2.45, 2.75) is 40.0 Å². The van der Waals surface area contributed by atoms with Gasteiger partial charge in [0, 0.05) is 5.33 Å². The minimum absolute atomic E-state index is 0.685. The first-order valence-corrected chi connectivity index (χ1v) is 6.81. The first kappa shape index (κ1) is 12.8. The van der Waals surface area contributed by atoms with Gasteiger partial charge >= 0.3 is 0 Å². The lowest BCUT2D eigenvalue weighted by atomic mass is 9.84. The van der Waals surface area contributed by atoms with E-state index in [2.05, 4.69) is 61.8 Å². The van der Waals surface area contributed by atoms with Crippen LogP contribution in [-0.2, 0) is 0 Å². The van der Waals surface area contributed by atoms with Crippen molar-refractivity contribution in [3.63, 3.8) is 0 Å². The summed E-state index contributed by atoms with van der Waals surface area (Å²) < 4.78 is 0. The lowest BCUT2D eigenvalue weighted by Gasteiger charge is -2.22.